The Kier molecular flexibility index (Phi) is 6.82. The topological polar surface area (TPSA) is 83.6 Å². The molecule has 0 radical (unpaired) electrons. The van der Waals surface area contributed by atoms with Gasteiger partial charge < -0.3 is 29.3 Å². The number of para-hydroxylation sites is 1. The van der Waals surface area contributed by atoms with E-state index in [4.69, 9.17) is 14.2 Å². The third-order valence-corrected chi connectivity index (χ3v) is 6.41. The van der Waals surface area contributed by atoms with Gasteiger partial charge in [0.25, 0.3) is 5.91 Å². The number of hydrogen-bond acceptors (Lipinski definition) is 6. The molecule has 0 bridgehead atoms. The van der Waals surface area contributed by atoms with Crippen LogP contribution in [0.2, 0.25) is 0 Å². The summed E-state index contributed by atoms with van der Waals surface area (Å²) in [5, 5.41) is 2.95. The average Bonchev–Trinajstić information content (AvgIpc) is 3.22. The van der Waals surface area contributed by atoms with Crippen LogP contribution in [0.25, 0.3) is 0 Å². The van der Waals surface area contributed by atoms with Crippen LogP contribution in [0.5, 0.6) is 11.5 Å². The predicted octanol–water partition coefficient (Wildman–Crippen LogP) is 2.50. The Labute approximate surface area is 199 Å². The molecule has 1 N–H and O–H groups in total. The minimum absolute atomic E-state index is 0.0119. The van der Waals surface area contributed by atoms with Gasteiger partial charge in [-0.15, -0.1) is 0 Å². The highest BCUT2D eigenvalue weighted by Gasteiger charge is 2.28. The molecule has 3 heterocycles. The minimum atomic E-state index is -0.101. The highest BCUT2D eigenvalue weighted by molar-refractivity contribution is 5.95. The molecule has 9 nitrogen and oxygen atoms in total. The van der Waals surface area contributed by atoms with E-state index in [2.05, 4.69) is 10.2 Å². The first-order valence-electron chi connectivity index (χ1n) is 11.8. The Morgan fingerprint density at radius 2 is 1.76 bits per heavy atom. The highest BCUT2D eigenvalue weighted by atomic mass is 16.7. The van der Waals surface area contributed by atoms with Gasteiger partial charge in [-0.2, -0.15) is 0 Å². The molecule has 0 unspecified atom stereocenters. The zero-order chi connectivity index (χ0) is 23.3. The molecule has 2 aromatic rings. The third-order valence-electron chi connectivity index (χ3n) is 6.41. The number of ether oxygens (including phenoxy) is 3. The smallest absolute Gasteiger partial charge is 0.322 e. The SMILES string of the molecule is O=C(Nc1ccccc1)N1CCO[C@H](CN2CCCN(C(=O)c3ccc4c(c3)OCO4)CC2)C1. The van der Waals surface area contributed by atoms with Gasteiger partial charge in [-0.3, -0.25) is 9.69 Å². The average molecular weight is 467 g/mol. The maximum atomic E-state index is 13.1. The van der Waals surface area contributed by atoms with E-state index in [0.29, 0.717) is 49.8 Å². The van der Waals surface area contributed by atoms with E-state index >= 15 is 0 Å². The van der Waals surface area contributed by atoms with Gasteiger partial charge in [-0.05, 0) is 43.3 Å². The molecular weight excluding hydrogens is 436 g/mol. The van der Waals surface area contributed by atoms with Gasteiger partial charge in [0.15, 0.2) is 11.5 Å². The van der Waals surface area contributed by atoms with Crippen LogP contribution in [-0.2, 0) is 4.74 Å². The number of nitrogens with zero attached hydrogens (tertiary/aromatic N) is 3. The van der Waals surface area contributed by atoms with Gasteiger partial charge in [0.1, 0.15) is 0 Å². The lowest BCUT2D eigenvalue weighted by atomic mass is 10.1. The second-order valence-corrected chi connectivity index (χ2v) is 8.75. The summed E-state index contributed by atoms with van der Waals surface area (Å²) in [6.45, 7) is 5.60. The van der Waals surface area contributed by atoms with Crippen molar-refractivity contribution in [1.29, 1.82) is 0 Å². The Bertz CT molecular complexity index is 1020. The lowest BCUT2D eigenvalue weighted by molar-refractivity contribution is -0.0283. The van der Waals surface area contributed by atoms with E-state index in [9.17, 15) is 9.59 Å². The zero-order valence-corrected chi connectivity index (χ0v) is 19.2. The van der Waals surface area contributed by atoms with Crippen molar-refractivity contribution >= 4 is 17.6 Å². The van der Waals surface area contributed by atoms with E-state index in [1.165, 1.54) is 0 Å². The Morgan fingerprint density at radius 1 is 0.912 bits per heavy atom. The molecule has 2 aromatic carbocycles. The van der Waals surface area contributed by atoms with Crippen LogP contribution in [0, 0.1) is 0 Å². The number of morpholine rings is 1. The molecule has 3 aliphatic heterocycles. The van der Waals surface area contributed by atoms with Crippen molar-refractivity contribution in [1.82, 2.24) is 14.7 Å². The van der Waals surface area contributed by atoms with E-state index < -0.39 is 0 Å². The molecule has 2 fully saturated rings. The summed E-state index contributed by atoms with van der Waals surface area (Å²) in [5.74, 6) is 1.31. The van der Waals surface area contributed by atoms with Crippen LogP contribution in [0.4, 0.5) is 10.5 Å². The molecule has 0 saturated carbocycles. The van der Waals surface area contributed by atoms with Crippen LogP contribution in [0.15, 0.2) is 48.5 Å². The number of hydrogen-bond donors (Lipinski definition) is 1. The number of carbonyl (C=O) groups is 2. The van der Waals surface area contributed by atoms with Crippen LogP contribution in [0.1, 0.15) is 16.8 Å². The third kappa shape index (κ3) is 5.26. The summed E-state index contributed by atoms with van der Waals surface area (Å²) < 4.78 is 16.7. The summed E-state index contributed by atoms with van der Waals surface area (Å²) in [7, 11) is 0. The maximum Gasteiger partial charge on any atom is 0.322 e. The maximum absolute atomic E-state index is 13.1. The first kappa shape index (κ1) is 22.5. The molecule has 1 atom stereocenters. The van der Waals surface area contributed by atoms with Gasteiger partial charge in [0.2, 0.25) is 6.79 Å². The number of amides is 3. The first-order valence-corrected chi connectivity index (χ1v) is 11.8. The van der Waals surface area contributed by atoms with Crippen LogP contribution >= 0.6 is 0 Å². The fourth-order valence-electron chi connectivity index (χ4n) is 4.59. The van der Waals surface area contributed by atoms with Gasteiger partial charge in [0.05, 0.1) is 12.7 Å². The minimum Gasteiger partial charge on any atom is -0.454 e. The summed E-state index contributed by atoms with van der Waals surface area (Å²) in [6, 6.07) is 14.7. The van der Waals surface area contributed by atoms with Crippen molar-refractivity contribution in [2.24, 2.45) is 0 Å². The number of carbonyl (C=O) groups excluding carboxylic acids is 2. The van der Waals surface area contributed by atoms with Gasteiger partial charge >= 0.3 is 6.03 Å². The van der Waals surface area contributed by atoms with E-state index in [-0.39, 0.29) is 24.8 Å². The molecule has 0 aromatic heterocycles. The molecule has 0 spiro atoms. The van der Waals surface area contributed by atoms with Crippen molar-refractivity contribution in [2.75, 3.05) is 64.5 Å². The molecule has 3 aliphatic rings. The lowest BCUT2D eigenvalue weighted by Crippen LogP contribution is -2.51. The van der Waals surface area contributed by atoms with Crippen LogP contribution in [-0.4, -0.2) is 92.0 Å². The predicted molar refractivity (Wildman–Crippen MR) is 126 cm³/mol. The quantitative estimate of drug-likeness (QED) is 0.746. The van der Waals surface area contributed by atoms with Crippen molar-refractivity contribution in [2.45, 2.75) is 12.5 Å². The zero-order valence-electron chi connectivity index (χ0n) is 19.2. The van der Waals surface area contributed by atoms with Crippen LogP contribution < -0.4 is 14.8 Å². The fraction of sp³-hybridized carbons (Fsp3) is 0.440. The number of anilines is 1. The molecule has 34 heavy (non-hydrogen) atoms. The highest BCUT2D eigenvalue weighted by Crippen LogP contribution is 2.32. The largest absolute Gasteiger partial charge is 0.454 e. The molecular formula is C25H30N4O5. The normalized spacial score (nSPS) is 20.6. The molecule has 5 rings (SSSR count). The first-order chi connectivity index (χ1) is 16.7. The number of nitrogens with one attached hydrogen (secondary N) is 1. The Hall–Kier alpha value is -3.30. The molecule has 3 amide bonds. The molecule has 180 valence electrons. The number of rotatable bonds is 4. The van der Waals surface area contributed by atoms with E-state index in [0.717, 1.165) is 31.7 Å². The number of benzene rings is 2. The van der Waals surface area contributed by atoms with E-state index in [1.807, 2.05) is 40.1 Å². The summed E-state index contributed by atoms with van der Waals surface area (Å²) in [4.78, 5) is 31.8. The molecule has 2 saturated heterocycles. The van der Waals surface area contributed by atoms with Gasteiger partial charge in [0, 0.05) is 50.5 Å². The van der Waals surface area contributed by atoms with E-state index in [1.54, 1.807) is 18.2 Å². The standard InChI is InChI=1S/C25H30N4O5/c30-24(19-7-8-22-23(15-19)34-18-33-22)28-10-4-9-27(11-12-28)16-21-17-29(13-14-32-21)25(31)26-20-5-2-1-3-6-20/h1-3,5-8,15,21H,4,9-14,16-18H2,(H,26,31)/t21-/m1/s1. The van der Waals surface area contributed by atoms with Crippen molar-refractivity contribution in [3.05, 3.63) is 54.1 Å². The Balaban J connectivity index is 1.12. The summed E-state index contributed by atoms with van der Waals surface area (Å²) >= 11 is 0. The summed E-state index contributed by atoms with van der Waals surface area (Å²) in [6.07, 6.45) is 0.840. The second-order valence-electron chi connectivity index (χ2n) is 8.75. The van der Waals surface area contributed by atoms with Gasteiger partial charge in [-0.25, -0.2) is 4.79 Å². The summed E-state index contributed by atoms with van der Waals surface area (Å²) in [5.41, 5.74) is 1.41. The Morgan fingerprint density at radius 3 is 2.65 bits per heavy atom. The number of urea groups is 1. The van der Waals surface area contributed by atoms with Crippen molar-refractivity contribution < 1.29 is 23.8 Å². The molecule has 9 heteroatoms. The lowest BCUT2D eigenvalue weighted by Gasteiger charge is -2.35. The van der Waals surface area contributed by atoms with Crippen molar-refractivity contribution in [3.8, 4) is 11.5 Å². The fourth-order valence-corrected chi connectivity index (χ4v) is 4.59. The number of fused-ring (bicyclic) bond motifs is 1. The van der Waals surface area contributed by atoms with Crippen molar-refractivity contribution in [3.63, 3.8) is 0 Å². The second kappa shape index (κ2) is 10.3. The molecule has 0 aliphatic carbocycles. The van der Waals surface area contributed by atoms with Crippen LogP contribution in [0.3, 0.4) is 0 Å². The van der Waals surface area contributed by atoms with Gasteiger partial charge in [-0.1, -0.05) is 18.2 Å². The monoisotopic (exact) mass is 466 g/mol.